The topological polar surface area (TPSA) is 231 Å². The van der Waals surface area contributed by atoms with E-state index in [9.17, 15) is 45.3 Å². The summed E-state index contributed by atoms with van der Waals surface area (Å²) in [5.41, 5.74) is -1.49. The lowest BCUT2D eigenvalue weighted by atomic mass is 9.42. The molecule has 0 aromatic carbocycles. The molecule has 7 N–H and O–H groups in total. The second-order valence-electron chi connectivity index (χ2n) is 16.6. The van der Waals surface area contributed by atoms with Crippen LogP contribution in [0.25, 0.3) is 0 Å². The smallest absolute Gasteiger partial charge is 0.331 e. The van der Waals surface area contributed by atoms with Gasteiger partial charge in [-0.3, -0.25) is 0 Å². The fourth-order valence-electron chi connectivity index (χ4n) is 11.7. The number of cyclic esters (lactones) is 1. The van der Waals surface area contributed by atoms with Gasteiger partial charge in [0.05, 0.1) is 30.5 Å². The fraction of sp³-hybridized carbons (Fsp3) is 0.886. The third-order valence-corrected chi connectivity index (χ3v) is 14.3. The van der Waals surface area contributed by atoms with Crippen molar-refractivity contribution in [1.29, 1.82) is 0 Å². The van der Waals surface area contributed by atoms with Crippen molar-refractivity contribution in [3.63, 3.8) is 0 Å². The van der Waals surface area contributed by atoms with Crippen LogP contribution in [0.4, 0.5) is 0 Å². The van der Waals surface area contributed by atoms with Crippen molar-refractivity contribution in [2.45, 2.75) is 144 Å². The van der Waals surface area contributed by atoms with E-state index >= 15 is 0 Å². The van der Waals surface area contributed by atoms with E-state index in [-0.39, 0.29) is 49.1 Å². The molecule has 4 aliphatic carbocycles. The molecule has 0 aromatic rings. The third kappa shape index (κ3) is 4.85. The van der Waals surface area contributed by atoms with Crippen molar-refractivity contribution in [2.75, 3.05) is 13.2 Å². The lowest BCUT2D eigenvalue weighted by Crippen LogP contribution is -2.74. The highest BCUT2D eigenvalue weighted by Gasteiger charge is 2.71. The number of aldehydes is 1. The summed E-state index contributed by atoms with van der Waals surface area (Å²) in [6.45, 7) is 3.25. The Bertz CT molecular complexity index is 1410. The van der Waals surface area contributed by atoms with Gasteiger partial charge in [0.25, 0.3) is 0 Å². The molecule has 0 aromatic heterocycles. The molecule has 0 amide bonds. The lowest BCUT2D eigenvalue weighted by Gasteiger charge is -2.65. The monoisotopic (exact) mass is 710 g/mol. The number of hydrogen-bond acceptors (Lipinski definition) is 15. The highest BCUT2D eigenvalue weighted by Crippen LogP contribution is 2.70. The molecule has 4 heterocycles. The van der Waals surface area contributed by atoms with Gasteiger partial charge in [-0.15, -0.1) is 0 Å². The molecule has 4 saturated carbocycles. The number of esters is 1. The first-order valence-electron chi connectivity index (χ1n) is 18.1. The minimum absolute atomic E-state index is 0.00550. The minimum Gasteiger partial charge on any atom is -0.458 e. The van der Waals surface area contributed by atoms with E-state index in [0.717, 1.165) is 24.7 Å². The largest absolute Gasteiger partial charge is 0.458 e. The van der Waals surface area contributed by atoms with Crippen LogP contribution >= 0.6 is 0 Å². The van der Waals surface area contributed by atoms with Gasteiger partial charge in [-0.2, -0.15) is 0 Å². The molecule has 4 unspecified atom stereocenters. The molecule has 8 aliphatic rings. The summed E-state index contributed by atoms with van der Waals surface area (Å²) in [5.74, 6) is -6.05. The standard InChI is InChI=1S/C35H50O15/c1-16-9-25(50-35(44)29(41)28(40)27(39)24(13-36)49-35)34(43)30(46-16)47-22-11-18-3-4-21-20(32(18,15-37)12-23(22)48-34)5-7-31(2)19(6-8-33(21,31)42)17-10-26(38)45-14-17/h10,15-16,18-25,27-30,36,39-44H,3-9,11-14H2,1-2H3/t16-,18+,19-,20?,21?,22-,23-,24?,25-,27-,28?,29+,30+,31-,32-,33+,34+,35-/m1/s1. The van der Waals surface area contributed by atoms with Gasteiger partial charge in [-0.1, -0.05) is 6.92 Å². The molecule has 18 atom stereocenters. The van der Waals surface area contributed by atoms with Gasteiger partial charge in [0.15, 0.2) is 6.10 Å². The predicted molar refractivity (Wildman–Crippen MR) is 165 cm³/mol. The highest BCUT2D eigenvalue weighted by atomic mass is 16.9. The van der Waals surface area contributed by atoms with Gasteiger partial charge in [-0.05, 0) is 87.5 Å². The van der Waals surface area contributed by atoms with Crippen LogP contribution in [0.1, 0.15) is 71.6 Å². The fourth-order valence-corrected chi connectivity index (χ4v) is 11.7. The third-order valence-electron chi connectivity index (χ3n) is 14.3. The Labute approximate surface area is 289 Å². The zero-order valence-electron chi connectivity index (χ0n) is 28.3. The van der Waals surface area contributed by atoms with E-state index in [1.807, 2.05) is 0 Å². The van der Waals surface area contributed by atoms with E-state index in [0.29, 0.717) is 32.1 Å². The summed E-state index contributed by atoms with van der Waals surface area (Å²) in [4.78, 5) is 25.4. The minimum atomic E-state index is -2.95. The van der Waals surface area contributed by atoms with E-state index in [2.05, 4.69) is 6.92 Å². The van der Waals surface area contributed by atoms with Gasteiger partial charge in [0, 0.05) is 23.3 Å². The molecule has 15 heteroatoms. The Hall–Kier alpha value is -1.60. The van der Waals surface area contributed by atoms with Crippen molar-refractivity contribution < 1.29 is 73.8 Å². The first-order valence-corrected chi connectivity index (χ1v) is 18.1. The molecule has 0 radical (unpaired) electrons. The van der Waals surface area contributed by atoms with Crippen molar-refractivity contribution in [3.05, 3.63) is 11.6 Å². The molecular formula is C35H50O15. The zero-order valence-corrected chi connectivity index (χ0v) is 28.3. The summed E-state index contributed by atoms with van der Waals surface area (Å²) in [6.07, 6.45) is -4.86. The first kappa shape index (κ1) is 35.4. The van der Waals surface area contributed by atoms with E-state index in [1.165, 1.54) is 0 Å². The zero-order chi connectivity index (χ0) is 35.6. The van der Waals surface area contributed by atoms with Crippen LogP contribution in [0.15, 0.2) is 11.6 Å². The number of carbonyl (C=O) groups excluding carboxylic acids is 2. The summed E-state index contributed by atoms with van der Waals surface area (Å²) in [7, 11) is 0. The average Bonchev–Trinajstić information content (AvgIpc) is 3.63. The predicted octanol–water partition coefficient (Wildman–Crippen LogP) is -0.855. The molecule has 7 fully saturated rings. The quantitative estimate of drug-likeness (QED) is 0.0797. The molecule has 3 saturated heterocycles. The van der Waals surface area contributed by atoms with Gasteiger partial charge >= 0.3 is 11.9 Å². The molecule has 0 spiro atoms. The van der Waals surface area contributed by atoms with Crippen LogP contribution in [0, 0.1) is 34.5 Å². The molecule has 15 nitrogen and oxygen atoms in total. The number of aliphatic hydroxyl groups is 7. The van der Waals surface area contributed by atoms with Gasteiger partial charge in [0.1, 0.15) is 37.3 Å². The Kier molecular flexibility index (Phi) is 8.47. The highest BCUT2D eigenvalue weighted by molar-refractivity contribution is 5.85. The van der Waals surface area contributed by atoms with Gasteiger partial charge in [0.2, 0.25) is 12.1 Å². The number of hydrogen-bond donors (Lipinski definition) is 7. The maximum absolute atomic E-state index is 13.5. The van der Waals surface area contributed by atoms with Crippen LogP contribution in [0.5, 0.6) is 0 Å². The Balaban J connectivity index is 1.06. The van der Waals surface area contributed by atoms with Crippen molar-refractivity contribution in [1.82, 2.24) is 0 Å². The Morgan fingerprint density at radius 2 is 1.74 bits per heavy atom. The second-order valence-corrected chi connectivity index (χ2v) is 16.6. The Morgan fingerprint density at radius 1 is 0.960 bits per heavy atom. The number of ether oxygens (including phenoxy) is 6. The van der Waals surface area contributed by atoms with Gasteiger partial charge < -0.3 is 69.0 Å². The number of carbonyl (C=O) groups is 2. The maximum atomic E-state index is 13.5. The van der Waals surface area contributed by atoms with Crippen LogP contribution < -0.4 is 0 Å². The van der Waals surface area contributed by atoms with Gasteiger partial charge in [-0.25, -0.2) is 4.79 Å². The van der Waals surface area contributed by atoms with Crippen LogP contribution in [-0.4, -0.2) is 134 Å². The van der Waals surface area contributed by atoms with E-state index in [4.69, 9.17) is 28.4 Å². The van der Waals surface area contributed by atoms with Crippen LogP contribution in [0.3, 0.4) is 0 Å². The SMILES string of the molecule is C[C@@H]1C[C@@H](O[C@]2(O)OC(CO)[C@@H](O)C(O)[C@@H]2O)[C@]2(O)O[C@@H]3C[C@]4(C=O)C5CC[C@]6(C)[C@@H](C7=CC(=O)OC7)CC[C@]6(O)C5CC[C@H]4C[C@H]3O[C@@H]2O1. The number of rotatable bonds is 5. The molecule has 8 rings (SSSR count). The number of fused-ring (bicyclic) bond motifs is 7. The molecule has 0 bridgehead atoms. The average molecular weight is 711 g/mol. The molecule has 4 aliphatic heterocycles. The molecular weight excluding hydrogens is 660 g/mol. The van der Waals surface area contributed by atoms with Crippen LogP contribution in [0.2, 0.25) is 0 Å². The summed E-state index contributed by atoms with van der Waals surface area (Å²) < 4.78 is 35.2. The lowest BCUT2D eigenvalue weighted by molar-refractivity contribution is -0.511. The summed E-state index contributed by atoms with van der Waals surface area (Å²) in [5, 5.41) is 77.0. The van der Waals surface area contributed by atoms with Crippen molar-refractivity contribution >= 4 is 12.3 Å². The summed E-state index contributed by atoms with van der Waals surface area (Å²) >= 11 is 0. The first-order chi connectivity index (χ1) is 23.6. The van der Waals surface area contributed by atoms with Crippen LogP contribution in [-0.2, 0) is 38.0 Å². The molecule has 50 heavy (non-hydrogen) atoms. The second kappa shape index (κ2) is 12.0. The molecule has 280 valence electrons. The van der Waals surface area contributed by atoms with Crippen molar-refractivity contribution in [3.8, 4) is 0 Å². The normalized spacial score (nSPS) is 57.3. The van der Waals surface area contributed by atoms with E-state index in [1.54, 1.807) is 13.0 Å². The van der Waals surface area contributed by atoms with E-state index < -0.39 is 89.9 Å². The Morgan fingerprint density at radius 3 is 2.44 bits per heavy atom. The summed E-state index contributed by atoms with van der Waals surface area (Å²) in [6, 6.07) is 0. The maximum Gasteiger partial charge on any atom is 0.331 e. The van der Waals surface area contributed by atoms with Crippen molar-refractivity contribution in [2.24, 2.45) is 34.5 Å². The number of aliphatic hydroxyl groups excluding tert-OH is 4.